The van der Waals surface area contributed by atoms with Crippen LogP contribution in [0.3, 0.4) is 0 Å². The first-order chi connectivity index (χ1) is 5.86. The van der Waals surface area contributed by atoms with Crippen LogP contribution in [0.4, 0.5) is 0 Å². The van der Waals surface area contributed by atoms with E-state index < -0.39 is 0 Å². The van der Waals surface area contributed by atoms with Crippen molar-refractivity contribution < 1.29 is 0 Å². The smallest absolute Gasteiger partial charge is 0.136 e. The fraction of sp³-hybridized carbons (Fsp3) is 0.778. The molecule has 0 aromatic carbocycles. The normalized spacial score (nSPS) is 27.5. The summed E-state index contributed by atoms with van der Waals surface area (Å²) in [5, 5.41) is 8.10. The summed E-state index contributed by atoms with van der Waals surface area (Å²) in [5.41, 5.74) is 0. The Balaban J connectivity index is 2.13. The number of aromatic nitrogens is 3. The number of rotatable bonds is 3. The Hall–Kier alpha value is -0.860. The molecule has 12 heavy (non-hydrogen) atoms. The van der Waals surface area contributed by atoms with Gasteiger partial charge in [0.15, 0.2) is 0 Å². The largest absolute Gasteiger partial charge is 0.318 e. The highest BCUT2D eigenvalue weighted by Crippen LogP contribution is 2.48. The molecule has 3 heteroatoms. The van der Waals surface area contributed by atoms with Gasteiger partial charge in [0.25, 0.3) is 0 Å². The zero-order chi connectivity index (χ0) is 8.55. The molecule has 66 valence electrons. The quantitative estimate of drug-likeness (QED) is 0.684. The van der Waals surface area contributed by atoms with Crippen LogP contribution in [0.2, 0.25) is 0 Å². The van der Waals surface area contributed by atoms with Gasteiger partial charge in [-0.3, -0.25) is 0 Å². The van der Waals surface area contributed by atoms with Gasteiger partial charge in [-0.15, -0.1) is 10.2 Å². The van der Waals surface area contributed by atoms with E-state index in [1.807, 2.05) is 6.33 Å². The van der Waals surface area contributed by atoms with Gasteiger partial charge in [-0.1, -0.05) is 13.3 Å². The molecule has 0 spiro atoms. The van der Waals surface area contributed by atoms with Crippen LogP contribution in [0.1, 0.15) is 38.4 Å². The SMILES string of the molecule is CCC1CC1c1nncn1CC. The minimum Gasteiger partial charge on any atom is -0.318 e. The second-order valence-electron chi connectivity index (χ2n) is 3.49. The third-order valence-electron chi connectivity index (χ3n) is 2.76. The van der Waals surface area contributed by atoms with Crippen LogP contribution < -0.4 is 0 Å². The van der Waals surface area contributed by atoms with Crippen LogP contribution in [-0.2, 0) is 6.54 Å². The van der Waals surface area contributed by atoms with Crippen LogP contribution in [0.25, 0.3) is 0 Å². The van der Waals surface area contributed by atoms with E-state index in [-0.39, 0.29) is 0 Å². The average Bonchev–Trinajstić information content (AvgIpc) is 2.74. The van der Waals surface area contributed by atoms with Crippen molar-refractivity contribution in [1.29, 1.82) is 0 Å². The van der Waals surface area contributed by atoms with Crippen molar-refractivity contribution >= 4 is 0 Å². The van der Waals surface area contributed by atoms with Gasteiger partial charge in [-0.2, -0.15) is 0 Å². The first-order valence-corrected chi connectivity index (χ1v) is 4.74. The fourth-order valence-corrected chi connectivity index (χ4v) is 1.81. The third kappa shape index (κ3) is 1.13. The molecule has 2 rings (SSSR count). The maximum Gasteiger partial charge on any atom is 0.136 e. The van der Waals surface area contributed by atoms with Crippen LogP contribution in [-0.4, -0.2) is 14.8 Å². The first-order valence-electron chi connectivity index (χ1n) is 4.74. The van der Waals surface area contributed by atoms with Crippen LogP contribution in [0.5, 0.6) is 0 Å². The minimum atomic E-state index is 0.706. The molecule has 1 saturated carbocycles. The minimum absolute atomic E-state index is 0.706. The van der Waals surface area contributed by atoms with Gasteiger partial charge in [0, 0.05) is 12.5 Å². The molecule has 2 unspecified atom stereocenters. The Bertz CT molecular complexity index is 266. The molecule has 3 nitrogen and oxygen atoms in total. The molecule has 0 N–H and O–H groups in total. The van der Waals surface area contributed by atoms with Crippen molar-refractivity contribution in [2.75, 3.05) is 0 Å². The van der Waals surface area contributed by atoms with Gasteiger partial charge in [-0.05, 0) is 19.3 Å². The zero-order valence-corrected chi connectivity index (χ0v) is 7.70. The maximum absolute atomic E-state index is 4.16. The lowest BCUT2D eigenvalue weighted by Crippen LogP contribution is -1.99. The molecule has 1 aliphatic rings. The Morgan fingerprint density at radius 1 is 1.58 bits per heavy atom. The van der Waals surface area contributed by atoms with Crippen LogP contribution >= 0.6 is 0 Å². The van der Waals surface area contributed by atoms with Gasteiger partial charge >= 0.3 is 0 Å². The van der Waals surface area contributed by atoms with Gasteiger partial charge in [-0.25, -0.2) is 0 Å². The first kappa shape index (κ1) is 7.77. The maximum atomic E-state index is 4.16. The highest BCUT2D eigenvalue weighted by atomic mass is 15.3. The molecular weight excluding hydrogens is 150 g/mol. The summed E-state index contributed by atoms with van der Waals surface area (Å²) in [6.45, 7) is 5.38. The summed E-state index contributed by atoms with van der Waals surface area (Å²) in [4.78, 5) is 0. The van der Waals surface area contributed by atoms with Crippen LogP contribution in [0.15, 0.2) is 6.33 Å². The van der Waals surface area contributed by atoms with E-state index in [0.717, 1.165) is 12.5 Å². The predicted molar refractivity (Wildman–Crippen MR) is 46.8 cm³/mol. The standard InChI is InChI=1S/C9H15N3/c1-3-7-5-8(7)9-11-10-6-12(9)4-2/h6-8H,3-5H2,1-2H3. The summed E-state index contributed by atoms with van der Waals surface area (Å²) >= 11 is 0. The molecule has 0 aliphatic heterocycles. The van der Waals surface area contributed by atoms with E-state index in [4.69, 9.17) is 0 Å². The lowest BCUT2D eigenvalue weighted by molar-refractivity contribution is 0.666. The van der Waals surface area contributed by atoms with E-state index in [0.29, 0.717) is 5.92 Å². The molecule has 0 radical (unpaired) electrons. The van der Waals surface area contributed by atoms with Crippen molar-refractivity contribution in [3.8, 4) is 0 Å². The van der Waals surface area contributed by atoms with E-state index in [9.17, 15) is 0 Å². The number of nitrogens with zero attached hydrogens (tertiary/aromatic N) is 3. The molecule has 2 atom stereocenters. The Labute approximate surface area is 72.8 Å². The van der Waals surface area contributed by atoms with Gasteiger partial charge in [0.1, 0.15) is 12.2 Å². The van der Waals surface area contributed by atoms with Crippen LogP contribution in [0, 0.1) is 5.92 Å². The molecule has 0 bridgehead atoms. The topological polar surface area (TPSA) is 30.7 Å². The summed E-state index contributed by atoms with van der Waals surface area (Å²) in [6, 6.07) is 0. The van der Waals surface area contributed by atoms with Gasteiger partial charge in [0.2, 0.25) is 0 Å². The Morgan fingerprint density at radius 2 is 2.42 bits per heavy atom. The molecule has 1 aromatic rings. The highest BCUT2D eigenvalue weighted by molar-refractivity contribution is 5.09. The van der Waals surface area contributed by atoms with Gasteiger partial charge in [0.05, 0.1) is 0 Å². The van der Waals surface area contributed by atoms with Crippen molar-refractivity contribution in [3.05, 3.63) is 12.2 Å². The summed E-state index contributed by atoms with van der Waals surface area (Å²) < 4.78 is 2.15. The van der Waals surface area contributed by atoms with E-state index >= 15 is 0 Å². The highest BCUT2D eigenvalue weighted by Gasteiger charge is 2.39. The molecule has 1 fully saturated rings. The summed E-state index contributed by atoms with van der Waals surface area (Å²) in [5.74, 6) is 2.78. The summed E-state index contributed by atoms with van der Waals surface area (Å²) in [7, 11) is 0. The van der Waals surface area contributed by atoms with Crippen molar-refractivity contribution in [2.45, 2.75) is 39.2 Å². The van der Waals surface area contributed by atoms with Crippen molar-refractivity contribution in [1.82, 2.24) is 14.8 Å². The average molecular weight is 165 g/mol. The monoisotopic (exact) mass is 165 g/mol. The van der Waals surface area contributed by atoms with Crippen molar-refractivity contribution in [2.24, 2.45) is 5.92 Å². The summed E-state index contributed by atoms with van der Waals surface area (Å²) in [6.07, 6.45) is 4.43. The van der Waals surface area contributed by atoms with Gasteiger partial charge < -0.3 is 4.57 Å². The van der Waals surface area contributed by atoms with E-state index in [2.05, 4.69) is 28.6 Å². The Kier molecular flexibility index (Phi) is 1.87. The molecule has 0 amide bonds. The van der Waals surface area contributed by atoms with E-state index in [1.165, 1.54) is 18.7 Å². The van der Waals surface area contributed by atoms with E-state index in [1.54, 1.807) is 0 Å². The second kappa shape index (κ2) is 2.88. The number of aryl methyl sites for hydroxylation is 1. The van der Waals surface area contributed by atoms with Crippen molar-refractivity contribution in [3.63, 3.8) is 0 Å². The molecular formula is C9H15N3. The third-order valence-corrected chi connectivity index (χ3v) is 2.76. The predicted octanol–water partition coefficient (Wildman–Crippen LogP) is 1.81. The number of hydrogen-bond acceptors (Lipinski definition) is 2. The molecule has 0 saturated heterocycles. The molecule has 1 aromatic heterocycles. The molecule has 1 aliphatic carbocycles. The zero-order valence-electron chi connectivity index (χ0n) is 7.70. The second-order valence-corrected chi connectivity index (χ2v) is 3.49. The fourth-order valence-electron chi connectivity index (χ4n) is 1.81. The Morgan fingerprint density at radius 3 is 3.00 bits per heavy atom. The molecule has 1 heterocycles. The lowest BCUT2D eigenvalue weighted by atomic mass is 10.2. The lowest BCUT2D eigenvalue weighted by Gasteiger charge is -2.00. The number of hydrogen-bond donors (Lipinski definition) is 0.